The Bertz CT molecular complexity index is 3030. The highest BCUT2D eigenvalue weighted by atomic mass is 15.1. The Morgan fingerprint density at radius 1 is 0.492 bits per heavy atom. The molecule has 0 radical (unpaired) electrons. The third-order valence-corrected chi connectivity index (χ3v) is 15.1. The Morgan fingerprint density at radius 3 is 1.51 bits per heavy atom. The van der Waals surface area contributed by atoms with Crippen molar-refractivity contribution < 1.29 is 0 Å². The molecule has 0 saturated carbocycles. The smallest absolute Gasteiger partial charge is 0.0714 e. The van der Waals surface area contributed by atoms with Crippen LogP contribution in [0, 0.1) is 0 Å². The lowest BCUT2D eigenvalue weighted by molar-refractivity contribution is 0.586. The summed E-state index contributed by atoms with van der Waals surface area (Å²) in [5.74, 6) is 0. The van der Waals surface area contributed by atoms with Gasteiger partial charge in [0.25, 0.3) is 0 Å². The van der Waals surface area contributed by atoms with Gasteiger partial charge in [0, 0.05) is 27.8 Å². The van der Waals surface area contributed by atoms with Gasteiger partial charge in [-0.3, -0.25) is 0 Å². The summed E-state index contributed by atoms with van der Waals surface area (Å²) >= 11 is 0. The number of fused-ring (bicyclic) bond motifs is 9. The normalized spacial score (nSPS) is 17.6. The van der Waals surface area contributed by atoms with E-state index in [0.717, 1.165) is 11.4 Å². The monoisotopic (exact) mass is 845 g/mol. The lowest BCUT2D eigenvalue weighted by atomic mass is 9.65. The average molecular weight is 846 g/mol. The molecule has 65 heavy (non-hydrogen) atoms. The first kappa shape index (κ1) is 42.5. The lowest BCUT2D eigenvalue weighted by Crippen LogP contribution is -2.30. The maximum Gasteiger partial charge on any atom is 0.0714 e. The van der Waals surface area contributed by atoms with Crippen molar-refractivity contribution >= 4 is 17.1 Å². The molecule has 1 heteroatoms. The Hall–Kier alpha value is -6.44. The fraction of sp³-hybridized carbons (Fsp3) is 0.250. The first-order valence-corrected chi connectivity index (χ1v) is 23.6. The summed E-state index contributed by atoms with van der Waals surface area (Å²) in [5, 5.41) is 0. The molecule has 3 aliphatic carbocycles. The molecule has 10 rings (SSSR count). The van der Waals surface area contributed by atoms with Crippen LogP contribution in [0.5, 0.6) is 0 Å². The SMILES string of the molecule is C=C/C=C(\C=C/C)C1(c2ccccc2)c2cc(C(C)(C)C)ccc2-c2c(N(c3ccc4c(c3)C(C)(C)c3ccccc3-4)c3ccc4c(c3)C(C)(C)c3ccccc3-4)cc(C(C)(C)C)cc21. The van der Waals surface area contributed by atoms with Crippen LogP contribution >= 0.6 is 0 Å². The van der Waals surface area contributed by atoms with Gasteiger partial charge in [-0.15, -0.1) is 0 Å². The van der Waals surface area contributed by atoms with Crippen LogP contribution in [0.25, 0.3) is 33.4 Å². The highest BCUT2D eigenvalue weighted by Gasteiger charge is 2.49. The van der Waals surface area contributed by atoms with E-state index >= 15 is 0 Å². The first-order chi connectivity index (χ1) is 30.9. The fourth-order valence-electron chi connectivity index (χ4n) is 11.7. The van der Waals surface area contributed by atoms with Crippen molar-refractivity contribution in [3.05, 3.63) is 232 Å². The molecule has 0 heterocycles. The van der Waals surface area contributed by atoms with Crippen LogP contribution < -0.4 is 4.90 Å². The van der Waals surface area contributed by atoms with Crippen LogP contribution in [0.1, 0.15) is 126 Å². The first-order valence-electron chi connectivity index (χ1n) is 23.6. The molecule has 0 fully saturated rings. The lowest BCUT2D eigenvalue weighted by Gasteiger charge is -2.37. The Kier molecular flexibility index (Phi) is 9.68. The van der Waals surface area contributed by atoms with Gasteiger partial charge in [0.1, 0.15) is 0 Å². The Balaban J connectivity index is 1.36. The van der Waals surface area contributed by atoms with Crippen LogP contribution in [0.3, 0.4) is 0 Å². The van der Waals surface area contributed by atoms with Crippen molar-refractivity contribution in [3.63, 3.8) is 0 Å². The van der Waals surface area contributed by atoms with Crippen molar-refractivity contribution in [2.45, 2.75) is 103 Å². The van der Waals surface area contributed by atoms with Gasteiger partial charge >= 0.3 is 0 Å². The Labute approximate surface area is 388 Å². The van der Waals surface area contributed by atoms with E-state index in [0.29, 0.717) is 0 Å². The second-order valence-corrected chi connectivity index (χ2v) is 21.8. The van der Waals surface area contributed by atoms with Gasteiger partial charge in [-0.1, -0.05) is 215 Å². The van der Waals surface area contributed by atoms with E-state index in [-0.39, 0.29) is 21.7 Å². The molecular weight excluding hydrogens is 783 g/mol. The summed E-state index contributed by atoms with van der Waals surface area (Å²) in [6.45, 7) is 30.1. The third-order valence-electron chi connectivity index (χ3n) is 15.1. The summed E-state index contributed by atoms with van der Waals surface area (Å²) in [6.07, 6.45) is 8.73. The molecular formula is C64H63N. The van der Waals surface area contributed by atoms with E-state index < -0.39 is 5.41 Å². The predicted octanol–water partition coefficient (Wildman–Crippen LogP) is 17.4. The van der Waals surface area contributed by atoms with Crippen molar-refractivity contribution in [3.8, 4) is 33.4 Å². The van der Waals surface area contributed by atoms with E-state index in [1.165, 1.54) is 94.7 Å². The van der Waals surface area contributed by atoms with Crippen molar-refractivity contribution in [2.75, 3.05) is 4.90 Å². The van der Waals surface area contributed by atoms with Gasteiger partial charge in [0.15, 0.2) is 0 Å². The predicted molar refractivity (Wildman–Crippen MR) is 279 cm³/mol. The molecule has 0 spiro atoms. The topological polar surface area (TPSA) is 3.24 Å². The van der Waals surface area contributed by atoms with Crippen molar-refractivity contribution in [1.82, 2.24) is 0 Å². The number of benzene rings is 7. The van der Waals surface area contributed by atoms with E-state index in [2.05, 4.69) is 251 Å². The minimum Gasteiger partial charge on any atom is -0.310 e. The zero-order chi connectivity index (χ0) is 45.8. The molecule has 3 aliphatic rings. The van der Waals surface area contributed by atoms with Gasteiger partial charge in [-0.2, -0.15) is 0 Å². The number of rotatable bonds is 7. The molecule has 0 bridgehead atoms. The molecule has 0 aliphatic heterocycles. The third kappa shape index (κ3) is 6.25. The van der Waals surface area contributed by atoms with Gasteiger partial charge in [0.2, 0.25) is 0 Å². The molecule has 1 nitrogen and oxygen atoms in total. The quantitative estimate of drug-likeness (QED) is 0.145. The number of nitrogens with zero attached hydrogens (tertiary/aromatic N) is 1. The Morgan fingerprint density at radius 2 is 0.985 bits per heavy atom. The van der Waals surface area contributed by atoms with Gasteiger partial charge in [0.05, 0.1) is 11.1 Å². The molecule has 7 aromatic rings. The summed E-state index contributed by atoms with van der Waals surface area (Å²) in [6, 6.07) is 56.2. The largest absolute Gasteiger partial charge is 0.310 e. The highest BCUT2D eigenvalue weighted by Crippen LogP contribution is 2.62. The van der Waals surface area contributed by atoms with Crippen LogP contribution in [0.2, 0.25) is 0 Å². The number of hydrogen-bond donors (Lipinski definition) is 0. The average Bonchev–Trinajstić information content (AvgIpc) is 3.80. The van der Waals surface area contributed by atoms with E-state index in [1.807, 2.05) is 6.08 Å². The maximum absolute atomic E-state index is 4.32. The molecule has 1 atom stereocenters. The summed E-state index contributed by atoms with van der Waals surface area (Å²) < 4.78 is 0. The highest BCUT2D eigenvalue weighted by molar-refractivity contribution is 5.99. The molecule has 324 valence electrons. The van der Waals surface area contributed by atoms with Crippen LogP contribution in [-0.2, 0) is 27.1 Å². The molecule has 0 aromatic heterocycles. The minimum atomic E-state index is -0.640. The van der Waals surface area contributed by atoms with Crippen LogP contribution in [0.4, 0.5) is 17.1 Å². The zero-order valence-electron chi connectivity index (χ0n) is 40.3. The minimum absolute atomic E-state index is 0.0653. The molecule has 0 amide bonds. The van der Waals surface area contributed by atoms with Gasteiger partial charge in [-0.25, -0.2) is 0 Å². The second-order valence-electron chi connectivity index (χ2n) is 21.8. The summed E-state index contributed by atoms with van der Waals surface area (Å²) in [4.78, 5) is 2.61. The number of hydrogen-bond acceptors (Lipinski definition) is 1. The van der Waals surface area contributed by atoms with Crippen LogP contribution in [-0.4, -0.2) is 0 Å². The molecule has 0 N–H and O–H groups in total. The molecule has 7 aromatic carbocycles. The summed E-state index contributed by atoms with van der Waals surface area (Å²) in [5.41, 5.74) is 23.3. The number of anilines is 3. The van der Waals surface area contributed by atoms with Gasteiger partial charge < -0.3 is 4.90 Å². The molecule has 1 unspecified atom stereocenters. The molecule has 0 saturated heterocycles. The fourth-order valence-corrected chi connectivity index (χ4v) is 11.7. The summed E-state index contributed by atoms with van der Waals surface area (Å²) in [7, 11) is 0. The standard InChI is InChI=1S/C64H63N/c1-13-22-41(23-14-2)64(42-24-16-15-17-25-42)56-36-43(60(3,4)5)30-33-51(56)59-57(64)37-44(61(6,7)8)38-58(59)65(45-31-34-49-47-26-18-20-28-52(47)62(9,10)54(49)39-45)46-32-35-50-48-27-19-21-29-53(48)63(11,12)55(50)40-46/h13-40H,1H2,2-12H3/b23-14-,41-22+. The van der Waals surface area contributed by atoms with Crippen LogP contribution in [0.15, 0.2) is 182 Å². The van der Waals surface area contributed by atoms with E-state index in [4.69, 9.17) is 0 Å². The van der Waals surface area contributed by atoms with Crippen molar-refractivity contribution in [2.24, 2.45) is 0 Å². The number of allylic oxidation sites excluding steroid dienone is 5. The van der Waals surface area contributed by atoms with E-state index in [1.54, 1.807) is 0 Å². The van der Waals surface area contributed by atoms with Crippen molar-refractivity contribution in [1.29, 1.82) is 0 Å². The zero-order valence-corrected chi connectivity index (χ0v) is 40.3. The second kappa shape index (κ2) is 14.8. The maximum atomic E-state index is 4.32. The van der Waals surface area contributed by atoms with Gasteiger partial charge in [-0.05, 0) is 132 Å². The van der Waals surface area contributed by atoms with E-state index in [9.17, 15) is 0 Å².